The number of aryl methyl sites for hydroxylation is 3. The minimum Gasteiger partial charge on any atom is -0.493 e. The Morgan fingerprint density at radius 1 is 1.07 bits per heavy atom. The van der Waals surface area contributed by atoms with Crippen molar-refractivity contribution in [2.24, 2.45) is 0 Å². The predicted molar refractivity (Wildman–Crippen MR) is 159 cm³/mol. The largest absolute Gasteiger partial charge is 0.493 e. The fourth-order valence-electron chi connectivity index (χ4n) is 4.66. The zero-order valence-electron chi connectivity index (χ0n) is 23.9. The van der Waals surface area contributed by atoms with Crippen LogP contribution >= 0.6 is 11.3 Å². The molecule has 0 aliphatic heterocycles. The van der Waals surface area contributed by atoms with Crippen LogP contribution in [0.5, 0.6) is 5.75 Å². The van der Waals surface area contributed by atoms with Crippen LogP contribution in [-0.2, 0) is 4.74 Å². The summed E-state index contributed by atoms with van der Waals surface area (Å²) in [5, 5.41) is 10.3. The molecule has 4 aromatic rings. The van der Waals surface area contributed by atoms with Gasteiger partial charge in [0.05, 0.1) is 34.7 Å². The minimum atomic E-state index is -0.620. The second-order valence-corrected chi connectivity index (χ2v) is 10.5. The van der Waals surface area contributed by atoms with Gasteiger partial charge in [-0.3, -0.25) is 14.2 Å². The fourth-order valence-corrected chi connectivity index (χ4v) is 5.75. The van der Waals surface area contributed by atoms with Gasteiger partial charge in [-0.2, -0.15) is 5.26 Å². The van der Waals surface area contributed by atoms with E-state index in [-0.39, 0.29) is 33.7 Å². The van der Waals surface area contributed by atoms with Crippen LogP contribution < -0.4 is 19.5 Å². The number of thiazole rings is 1. The topological polar surface area (TPSA) is 114 Å². The molecular formula is C32H31N3O5S. The standard InChI is InChI=1S/C32H31N3O5S/c1-7-39-25-12-10-9-11-22(25)16-26-30(37)35(24-15-18(3)13-14-19(24)4)31(41-26)23(17-33)29(36)28-20(5)27(21(6)34-28)32(38)40-8-2/h9-16,34H,7-8H2,1-6H3/b26-16+,31-23-. The lowest BCUT2D eigenvalue weighted by Crippen LogP contribution is -2.32. The zero-order valence-corrected chi connectivity index (χ0v) is 24.7. The molecule has 0 saturated heterocycles. The summed E-state index contributed by atoms with van der Waals surface area (Å²) in [6, 6.07) is 15.1. The third kappa shape index (κ3) is 5.65. The molecule has 210 valence electrons. The SMILES string of the molecule is CCOC(=O)c1c(C)[nH]c(C(=O)/C(C#N)=c2\s/c(=C/c3ccccc3OCC)c(=O)n2-c2cc(C)ccc2C)c1C. The quantitative estimate of drug-likeness (QED) is 0.248. The number of nitrogens with one attached hydrogen (secondary N) is 1. The number of esters is 1. The number of para-hydroxylation sites is 1. The lowest BCUT2D eigenvalue weighted by Gasteiger charge is -2.09. The van der Waals surface area contributed by atoms with E-state index in [1.165, 1.54) is 4.57 Å². The third-order valence-electron chi connectivity index (χ3n) is 6.63. The summed E-state index contributed by atoms with van der Waals surface area (Å²) in [7, 11) is 0. The molecule has 2 aromatic heterocycles. The number of rotatable bonds is 8. The van der Waals surface area contributed by atoms with Crippen molar-refractivity contribution < 1.29 is 19.1 Å². The molecule has 0 aliphatic carbocycles. The average molecular weight is 570 g/mol. The van der Waals surface area contributed by atoms with Crippen LogP contribution in [0, 0.1) is 39.0 Å². The molecule has 0 aliphatic rings. The van der Waals surface area contributed by atoms with Crippen LogP contribution in [0.25, 0.3) is 17.3 Å². The van der Waals surface area contributed by atoms with Gasteiger partial charge in [0.2, 0.25) is 5.78 Å². The van der Waals surface area contributed by atoms with E-state index < -0.39 is 11.8 Å². The second-order valence-electron chi connectivity index (χ2n) is 9.48. The fraction of sp³-hybridized carbons (Fsp3) is 0.250. The molecule has 0 radical (unpaired) electrons. The number of hydrogen-bond donors (Lipinski definition) is 1. The minimum absolute atomic E-state index is 0.0997. The molecular weight excluding hydrogens is 538 g/mol. The molecule has 2 heterocycles. The van der Waals surface area contributed by atoms with E-state index >= 15 is 0 Å². The van der Waals surface area contributed by atoms with E-state index in [0.717, 1.165) is 22.5 Å². The Hall–Kier alpha value is -4.68. The Labute approximate surface area is 241 Å². The number of nitrogens with zero attached hydrogens (tertiary/aromatic N) is 2. The lowest BCUT2D eigenvalue weighted by atomic mass is 10.0. The van der Waals surface area contributed by atoms with Crippen molar-refractivity contribution >= 4 is 34.7 Å². The smallest absolute Gasteiger partial charge is 0.340 e. The molecule has 41 heavy (non-hydrogen) atoms. The van der Waals surface area contributed by atoms with Crippen molar-refractivity contribution in [3.8, 4) is 17.5 Å². The summed E-state index contributed by atoms with van der Waals surface area (Å²) < 4.78 is 12.9. The normalized spacial score (nSPS) is 12.2. The summed E-state index contributed by atoms with van der Waals surface area (Å²) >= 11 is 1.06. The van der Waals surface area contributed by atoms with Crippen molar-refractivity contribution in [1.29, 1.82) is 5.26 Å². The first-order valence-electron chi connectivity index (χ1n) is 13.2. The van der Waals surface area contributed by atoms with Crippen LogP contribution in [-0.4, -0.2) is 34.5 Å². The first kappa shape index (κ1) is 29.3. The summed E-state index contributed by atoms with van der Waals surface area (Å²) in [6.07, 6.45) is 1.71. The van der Waals surface area contributed by atoms with Gasteiger partial charge in [0, 0.05) is 11.3 Å². The molecule has 8 nitrogen and oxygen atoms in total. The van der Waals surface area contributed by atoms with Crippen LogP contribution in [0.15, 0.2) is 47.3 Å². The van der Waals surface area contributed by atoms with Crippen molar-refractivity contribution in [3.63, 3.8) is 0 Å². The number of ether oxygens (including phenoxy) is 2. The molecule has 0 fully saturated rings. The summed E-state index contributed by atoms with van der Waals surface area (Å²) in [6.45, 7) is 11.3. The Morgan fingerprint density at radius 2 is 1.80 bits per heavy atom. The first-order chi connectivity index (χ1) is 19.6. The summed E-state index contributed by atoms with van der Waals surface area (Å²) in [4.78, 5) is 43.4. The van der Waals surface area contributed by atoms with Gasteiger partial charge in [0.1, 0.15) is 22.1 Å². The molecule has 9 heteroatoms. The van der Waals surface area contributed by atoms with Gasteiger partial charge in [-0.1, -0.05) is 30.3 Å². The number of hydrogen-bond acceptors (Lipinski definition) is 7. The maximum atomic E-state index is 14.0. The highest BCUT2D eigenvalue weighted by Crippen LogP contribution is 2.22. The third-order valence-corrected chi connectivity index (χ3v) is 7.72. The number of aromatic amines is 1. The number of nitriles is 1. The maximum absolute atomic E-state index is 14.0. The average Bonchev–Trinajstić information content (AvgIpc) is 3.42. The molecule has 0 atom stereocenters. The van der Waals surface area contributed by atoms with E-state index in [1.54, 1.807) is 26.8 Å². The van der Waals surface area contributed by atoms with E-state index in [9.17, 15) is 19.6 Å². The number of carbonyl (C=O) groups is 2. The second kappa shape index (κ2) is 12.2. The van der Waals surface area contributed by atoms with Crippen molar-refractivity contribution in [3.05, 3.63) is 101 Å². The summed E-state index contributed by atoms with van der Waals surface area (Å²) in [5.41, 5.74) is 3.62. The maximum Gasteiger partial charge on any atom is 0.340 e. The Balaban J connectivity index is 2.07. The Morgan fingerprint density at radius 3 is 2.49 bits per heavy atom. The monoisotopic (exact) mass is 569 g/mol. The highest BCUT2D eigenvalue weighted by molar-refractivity contribution is 7.07. The predicted octanol–water partition coefficient (Wildman–Crippen LogP) is 4.42. The van der Waals surface area contributed by atoms with Crippen LogP contribution in [0.3, 0.4) is 0 Å². The van der Waals surface area contributed by atoms with Crippen LogP contribution in [0.1, 0.15) is 62.6 Å². The Kier molecular flexibility index (Phi) is 8.74. The number of carbonyl (C=O) groups excluding carboxylic acids is 2. The van der Waals surface area contributed by atoms with E-state index in [1.807, 2.05) is 63.2 Å². The van der Waals surface area contributed by atoms with Crippen LogP contribution in [0.2, 0.25) is 0 Å². The van der Waals surface area contributed by atoms with Gasteiger partial charge < -0.3 is 14.5 Å². The van der Waals surface area contributed by atoms with Crippen molar-refractivity contribution in [1.82, 2.24) is 9.55 Å². The highest BCUT2D eigenvalue weighted by atomic mass is 32.1. The molecule has 0 amide bonds. The van der Waals surface area contributed by atoms with Gasteiger partial charge in [-0.25, -0.2) is 4.79 Å². The number of Topliss-reactive ketones (excluding diaryl/α,β-unsaturated/α-hetero) is 1. The Bertz CT molecular complexity index is 1890. The van der Waals surface area contributed by atoms with Gasteiger partial charge in [-0.05, 0) is 76.4 Å². The molecule has 0 saturated carbocycles. The van der Waals surface area contributed by atoms with Crippen molar-refractivity contribution in [2.45, 2.75) is 41.5 Å². The highest BCUT2D eigenvalue weighted by Gasteiger charge is 2.27. The van der Waals surface area contributed by atoms with Gasteiger partial charge in [0.25, 0.3) is 5.56 Å². The van der Waals surface area contributed by atoms with Crippen molar-refractivity contribution in [2.75, 3.05) is 13.2 Å². The molecule has 1 N–H and O–H groups in total. The van der Waals surface area contributed by atoms with E-state index in [2.05, 4.69) is 11.1 Å². The van der Waals surface area contributed by atoms with Crippen LogP contribution in [0.4, 0.5) is 0 Å². The molecule has 0 bridgehead atoms. The first-order valence-corrected chi connectivity index (χ1v) is 14.0. The van der Waals surface area contributed by atoms with E-state index in [4.69, 9.17) is 9.47 Å². The number of benzene rings is 2. The van der Waals surface area contributed by atoms with Gasteiger partial charge in [0.15, 0.2) is 0 Å². The number of H-pyrrole nitrogens is 1. The molecule has 2 aromatic carbocycles. The van der Waals surface area contributed by atoms with Gasteiger partial charge in [-0.15, -0.1) is 11.3 Å². The zero-order chi connectivity index (χ0) is 29.8. The summed E-state index contributed by atoms with van der Waals surface area (Å²) in [5.74, 6) is -0.554. The molecule has 0 unspecified atom stereocenters. The number of aromatic nitrogens is 2. The lowest BCUT2D eigenvalue weighted by molar-refractivity contribution is 0.0525. The molecule has 4 rings (SSSR count). The van der Waals surface area contributed by atoms with Gasteiger partial charge >= 0.3 is 5.97 Å². The van der Waals surface area contributed by atoms with E-state index in [0.29, 0.717) is 39.4 Å². The molecule has 0 spiro atoms. The number of ketones is 1.